The number of amides is 1. The van der Waals surface area contributed by atoms with Crippen molar-refractivity contribution in [3.63, 3.8) is 0 Å². The number of rotatable bonds is 4. The number of nitrogens with zero attached hydrogens (tertiary/aromatic N) is 5. The number of benzene rings is 1. The molecule has 3 aromatic rings. The van der Waals surface area contributed by atoms with E-state index in [-0.39, 0.29) is 12.1 Å². The Morgan fingerprint density at radius 2 is 1.93 bits per heavy atom. The van der Waals surface area contributed by atoms with Gasteiger partial charge in [-0.2, -0.15) is 0 Å². The molecule has 0 fully saturated rings. The van der Waals surface area contributed by atoms with E-state index in [0.29, 0.717) is 11.3 Å². The predicted molar refractivity (Wildman–Crippen MR) is 104 cm³/mol. The summed E-state index contributed by atoms with van der Waals surface area (Å²) in [5.74, 6) is -0.448. The van der Waals surface area contributed by atoms with E-state index in [9.17, 15) is 14.4 Å². The zero-order valence-electron chi connectivity index (χ0n) is 16.0. The van der Waals surface area contributed by atoms with Crippen LogP contribution in [0.25, 0.3) is 11.2 Å². The molecule has 27 heavy (non-hydrogen) atoms. The van der Waals surface area contributed by atoms with E-state index in [1.807, 2.05) is 38.1 Å². The summed E-state index contributed by atoms with van der Waals surface area (Å²) in [4.78, 5) is 43.6. The third kappa shape index (κ3) is 3.23. The summed E-state index contributed by atoms with van der Waals surface area (Å²) in [6.07, 6.45) is 1.46. The second-order valence-electron chi connectivity index (χ2n) is 6.70. The minimum absolute atomic E-state index is 0.274. The molecule has 0 saturated carbocycles. The van der Waals surface area contributed by atoms with Crippen molar-refractivity contribution in [1.82, 2.24) is 18.7 Å². The highest BCUT2D eigenvalue weighted by Crippen LogP contribution is 2.21. The SMILES string of the molecule is Cc1cc(N(C)C)ccc1NC(=O)Cn1c(=O)c2c(ncn2C)n(C)c1=O. The molecule has 1 amide bonds. The number of anilines is 2. The van der Waals surface area contributed by atoms with Crippen LogP contribution in [0.5, 0.6) is 0 Å². The summed E-state index contributed by atoms with van der Waals surface area (Å²) in [5, 5.41) is 2.77. The Morgan fingerprint density at radius 1 is 1.22 bits per heavy atom. The molecular formula is C18H22N6O3. The minimum Gasteiger partial charge on any atom is -0.378 e. The van der Waals surface area contributed by atoms with Gasteiger partial charge in [0.1, 0.15) is 6.54 Å². The number of nitrogens with one attached hydrogen (secondary N) is 1. The van der Waals surface area contributed by atoms with Gasteiger partial charge in [-0.3, -0.25) is 14.2 Å². The van der Waals surface area contributed by atoms with Crippen molar-refractivity contribution in [3.05, 3.63) is 50.9 Å². The molecule has 0 aliphatic carbocycles. The largest absolute Gasteiger partial charge is 0.378 e. The third-order valence-electron chi connectivity index (χ3n) is 4.50. The average Bonchev–Trinajstić information content (AvgIpc) is 3.00. The number of aryl methyl sites for hydroxylation is 3. The van der Waals surface area contributed by atoms with E-state index in [1.54, 1.807) is 13.1 Å². The van der Waals surface area contributed by atoms with Gasteiger partial charge < -0.3 is 14.8 Å². The first-order chi connectivity index (χ1) is 12.7. The Kier molecular flexibility index (Phi) is 4.61. The van der Waals surface area contributed by atoms with Crippen LogP contribution in [-0.2, 0) is 25.4 Å². The van der Waals surface area contributed by atoms with Gasteiger partial charge in [0, 0.05) is 39.6 Å². The van der Waals surface area contributed by atoms with E-state index in [4.69, 9.17) is 0 Å². The maximum atomic E-state index is 12.7. The fourth-order valence-electron chi connectivity index (χ4n) is 2.94. The van der Waals surface area contributed by atoms with E-state index in [1.165, 1.54) is 22.5 Å². The molecule has 1 N–H and O–H groups in total. The number of carbonyl (C=O) groups excluding carboxylic acids is 1. The molecule has 0 unspecified atom stereocenters. The summed E-state index contributed by atoms with van der Waals surface area (Å²) < 4.78 is 3.72. The van der Waals surface area contributed by atoms with Crippen molar-refractivity contribution in [1.29, 1.82) is 0 Å². The van der Waals surface area contributed by atoms with Crippen molar-refractivity contribution < 1.29 is 4.79 Å². The molecule has 9 heteroatoms. The Labute approximate surface area is 155 Å². The molecule has 2 aromatic heterocycles. The quantitative estimate of drug-likeness (QED) is 0.720. The van der Waals surface area contributed by atoms with Gasteiger partial charge in [-0.25, -0.2) is 14.3 Å². The van der Waals surface area contributed by atoms with Crippen LogP contribution < -0.4 is 21.5 Å². The van der Waals surface area contributed by atoms with Crippen LogP contribution in [0.3, 0.4) is 0 Å². The highest BCUT2D eigenvalue weighted by molar-refractivity contribution is 5.91. The van der Waals surface area contributed by atoms with Crippen LogP contribution in [0.1, 0.15) is 5.56 Å². The number of fused-ring (bicyclic) bond motifs is 1. The standard InChI is InChI=1S/C18H22N6O3/c1-11-8-12(21(2)3)6-7-13(11)20-14(25)9-24-17(26)15-16(19-10-22(15)4)23(5)18(24)27/h6-8,10H,9H2,1-5H3,(H,20,25). The van der Waals surface area contributed by atoms with Crippen molar-refractivity contribution >= 4 is 28.4 Å². The summed E-state index contributed by atoms with van der Waals surface area (Å²) in [6.45, 7) is 1.51. The van der Waals surface area contributed by atoms with Crippen molar-refractivity contribution in [2.45, 2.75) is 13.5 Å². The molecule has 1 aromatic carbocycles. The maximum absolute atomic E-state index is 12.7. The Hall–Kier alpha value is -3.36. The minimum atomic E-state index is -0.582. The average molecular weight is 370 g/mol. The molecule has 0 spiro atoms. The van der Waals surface area contributed by atoms with E-state index >= 15 is 0 Å². The lowest BCUT2D eigenvalue weighted by Gasteiger charge is -2.16. The van der Waals surface area contributed by atoms with E-state index in [2.05, 4.69) is 10.3 Å². The molecule has 0 bridgehead atoms. The molecule has 0 aliphatic heterocycles. The molecule has 0 aliphatic rings. The summed E-state index contributed by atoms with van der Waals surface area (Å²) in [6, 6.07) is 5.63. The Morgan fingerprint density at radius 3 is 2.56 bits per heavy atom. The van der Waals surface area contributed by atoms with Gasteiger partial charge in [0.15, 0.2) is 11.2 Å². The fraction of sp³-hybridized carbons (Fsp3) is 0.333. The van der Waals surface area contributed by atoms with Crippen LogP contribution in [-0.4, -0.2) is 38.7 Å². The zero-order chi connectivity index (χ0) is 19.9. The summed E-state index contributed by atoms with van der Waals surface area (Å²) in [7, 11) is 7.06. The zero-order valence-corrected chi connectivity index (χ0v) is 16.0. The first-order valence-corrected chi connectivity index (χ1v) is 8.39. The van der Waals surface area contributed by atoms with Crippen molar-refractivity contribution in [2.24, 2.45) is 14.1 Å². The summed E-state index contributed by atoms with van der Waals surface area (Å²) >= 11 is 0. The Balaban J connectivity index is 1.92. The molecule has 0 atom stereocenters. The van der Waals surface area contributed by atoms with Crippen LogP contribution in [0, 0.1) is 6.92 Å². The Bertz CT molecular complexity index is 1150. The van der Waals surface area contributed by atoms with Gasteiger partial charge in [-0.15, -0.1) is 0 Å². The van der Waals surface area contributed by atoms with Gasteiger partial charge in [-0.1, -0.05) is 0 Å². The molecule has 0 saturated heterocycles. The smallest absolute Gasteiger partial charge is 0.332 e. The number of carbonyl (C=O) groups is 1. The number of hydrogen-bond donors (Lipinski definition) is 1. The van der Waals surface area contributed by atoms with Crippen LogP contribution in [0.4, 0.5) is 11.4 Å². The second-order valence-corrected chi connectivity index (χ2v) is 6.70. The second kappa shape index (κ2) is 6.75. The van der Waals surface area contributed by atoms with Crippen molar-refractivity contribution in [2.75, 3.05) is 24.3 Å². The van der Waals surface area contributed by atoms with Gasteiger partial charge >= 0.3 is 5.69 Å². The lowest BCUT2D eigenvalue weighted by Crippen LogP contribution is -2.42. The number of hydrogen-bond acceptors (Lipinski definition) is 5. The maximum Gasteiger partial charge on any atom is 0.332 e. The van der Waals surface area contributed by atoms with Crippen LogP contribution in [0.2, 0.25) is 0 Å². The molecule has 0 radical (unpaired) electrons. The summed E-state index contributed by atoms with van der Waals surface area (Å²) in [5.41, 5.74) is 1.98. The van der Waals surface area contributed by atoms with Crippen molar-refractivity contribution in [3.8, 4) is 0 Å². The number of aromatic nitrogens is 4. The predicted octanol–water partition coefficient (Wildman–Crippen LogP) is 0.447. The van der Waals surface area contributed by atoms with Gasteiger partial charge in [-0.05, 0) is 30.7 Å². The highest BCUT2D eigenvalue weighted by Gasteiger charge is 2.17. The van der Waals surface area contributed by atoms with Crippen LogP contribution in [0.15, 0.2) is 34.1 Å². The topological polar surface area (TPSA) is 94.2 Å². The first kappa shape index (κ1) is 18.4. The molecule has 9 nitrogen and oxygen atoms in total. The molecule has 142 valence electrons. The van der Waals surface area contributed by atoms with Gasteiger partial charge in [0.25, 0.3) is 5.56 Å². The molecule has 3 rings (SSSR count). The lowest BCUT2D eigenvalue weighted by molar-refractivity contribution is -0.116. The number of imidazole rings is 1. The van der Waals surface area contributed by atoms with Gasteiger partial charge in [0.2, 0.25) is 5.91 Å². The van der Waals surface area contributed by atoms with E-state index in [0.717, 1.165) is 15.8 Å². The normalized spacial score (nSPS) is 11.0. The third-order valence-corrected chi connectivity index (χ3v) is 4.50. The molecular weight excluding hydrogens is 348 g/mol. The highest BCUT2D eigenvalue weighted by atomic mass is 16.2. The lowest BCUT2D eigenvalue weighted by atomic mass is 10.1. The first-order valence-electron chi connectivity index (χ1n) is 8.39. The molecule has 2 heterocycles. The fourth-order valence-corrected chi connectivity index (χ4v) is 2.94. The van der Waals surface area contributed by atoms with Crippen LogP contribution >= 0.6 is 0 Å². The van der Waals surface area contributed by atoms with E-state index < -0.39 is 17.2 Å². The monoisotopic (exact) mass is 370 g/mol. The van der Waals surface area contributed by atoms with Gasteiger partial charge in [0.05, 0.1) is 6.33 Å².